The molecule has 0 amide bonds. The topological polar surface area (TPSA) is 71.9 Å². The van der Waals surface area contributed by atoms with Crippen molar-refractivity contribution in [1.29, 1.82) is 0 Å². The molecule has 1 aliphatic carbocycles. The quantitative estimate of drug-likeness (QED) is 0.297. The van der Waals surface area contributed by atoms with Crippen LogP contribution in [0.15, 0.2) is 23.5 Å². The molecule has 3 aliphatic rings. The number of likely N-dealkylation sites (tertiary alicyclic amines) is 1. The van der Waals surface area contributed by atoms with Gasteiger partial charge >= 0.3 is 0 Å². The van der Waals surface area contributed by atoms with Gasteiger partial charge in [-0.25, -0.2) is 9.97 Å². The summed E-state index contributed by atoms with van der Waals surface area (Å²) in [5, 5.41) is 7.26. The summed E-state index contributed by atoms with van der Waals surface area (Å²) in [6.07, 6.45) is 14.5. The molecule has 8 nitrogen and oxygen atoms in total. The molecule has 2 aliphatic heterocycles. The third kappa shape index (κ3) is 7.39. The van der Waals surface area contributed by atoms with Gasteiger partial charge in [0.1, 0.15) is 0 Å². The third-order valence-corrected chi connectivity index (χ3v) is 7.55. The van der Waals surface area contributed by atoms with Gasteiger partial charge < -0.3 is 15.5 Å². The molecule has 33 heavy (non-hydrogen) atoms. The Morgan fingerprint density at radius 3 is 2.24 bits per heavy atom. The lowest BCUT2D eigenvalue weighted by molar-refractivity contribution is 0.0368. The smallest absolute Gasteiger partial charge is 0.225 e. The van der Waals surface area contributed by atoms with Crippen LogP contribution < -0.4 is 15.5 Å². The minimum Gasteiger partial charge on any atom is -0.355 e. The molecule has 186 valence electrons. The maximum Gasteiger partial charge on any atom is 0.225 e. The molecule has 2 N–H and O–H groups in total. The summed E-state index contributed by atoms with van der Waals surface area (Å²) in [5.74, 6) is 1.79. The summed E-state index contributed by atoms with van der Waals surface area (Å²) >= 11 is 0. The minimum atomic E-state index is 0. The molecule has 0 radical (unpaired) electrons. The summed E-state index contributed by atoms with van der Waals surface area (Å²) in [6, 6.07) is 1.87. The lowest BCUT2D eigenvalue weighted by Gasteiger charge is -2.48. The van der Waals surface area contributed by atoms with Crippen LogP contribution in [0.4, 0.5) is 5.95 Å². The monoisotopic (exact) mass is 570 g/mol. The van der Waals surface area contributed by atoms with Crippen molar-refractivity contribution in [3.8, 4) is 0 Å². The largest absolute Gasteiger partial charge is 0.355 e. The van der Waals surface area contributed by atoms with Gasteiger partial charge in [0.15, 0.2) is 5.96 Å². The molecule has 0 atom stereocenters. The number of halogens is 1. The number of aromatic nitrogens is 2. The maximum atomic E-state index is 4.52. The van der Waals surface area contributed by atoms with Crippen molar-refractivity contribution in [3.05, 3.63) is 18.5 Å². The fourth-order valence-electron chi connectivity index (χ4n) is 5.61. The molecule has 0 unspecified atom stereocenters. The highest BCUT2D eigenvalue weighted by Crippen LogP contribution is 2.35. The first-order valence-corrected chi connectivity index (χ1v) is 12.7. The summed E-state index contributed by atoms with van der Waals surface area (Å²) < 4.78 is 0. The van der Waals surface area contributed by atoms with E-state index in [1.165, 1.54) is 64.5 Å². The number of guanidine groups is 1. The van der Waals surface area contributed by atoms with E-state index >= 15 is 0 Å². The first-order chi connectivity index (χ1) is 15.8. The highest BCUT2D eigenvalue weighted by molar-refractivity contribution is 14.0. The second-order valence-electron chi connectivity index (χ2n) is 9.56. The van der Waals surface area contributed by atoms with Gasteiger partial charge in [-0.3, -0.25) is 14.8 Å². The van der Waals surface area contributed by atoms with Gasteiger partial charge in [-0.2, -0.15) is 0 Å². The van der Waals surface area contributed by atoms with E-state index in [9.17, 15) is 0 Å². The predicted octanol–water partition coefficient (Wildman–Crippen LogP) is 2.57. The zero-order valence-corrected chi connectivity index (χ0v) is 22.7. The molecule has 1 saturated carbocycles. The van der Waals surface area contributed by atoms with Crippen molar-refractivity contribution < 1.29 is 0 Å². The normalized spacial score (nSPS) is 22.5. The van der Waals surface area contributed by atoms with Crippen molar-refractivity contribution in [3.63, 3.8) is 0 Å². The molecule has 4 rings (SSSR count). The van der Waals surface area contributed by atoms with Crippen LogP contribution >= 0.6 is 24.0 Å². The van der Waals surface area contributed by atoms with E-state index in [2.05, 4.69) is 40.3 Å². The maximum absolute atomic E-state index is 4.52. The number of hydrogen-bond donors (Lipinski definition) is 2. The average Bonchev–Trinajstić information content (AvgIpc) is 2.88. The van der Waals surface area contributed by atoms with Crippen LogP contribution in [0.25, 0.3) is 0 Å². The number of nitrogens with zero attached hydrogens (tertiary/aromatic N) is 6. The number of aliphatic imine (C=N–C) groups is 1. The zero-order valence-electron chi connectivity index (χ0n) is 20.3. The standard InChI is InChI=1S/C24H42N8.HI/c1-25-22(29-21-24(9-4-2-5-10-24)32-14-6-3-7-15-32)26-13-16-30-17-19-31(20-18-30)23-27-11-8-12-28-23;/h8,11-12H,2-7,9-10,13-21H2,1H3,(H2,25,26,29);1H. The van der Waals surface area contributed by atoms with Gasteiger partial charge in [-0.1, -0.05) is 25.7 Å². The Balaban J connectivity index is 0.00000306. The molecular weight excluding hydrogens is 527 g/mol. The van der Waals surface area contributed by atoms with E-state index in [-0.39, 0.29) is 24.0 Å². The fourth-order valence-corrected chi connectivity index (χ4v) is 5.61. The molecule has 2 saturated heterocycles. The molecule has 0 bridgehead atoms. The van der Waals surface area contributed by atoms with E-state index in [0.717, 1.165) is 57.7 Å². The summed E-state index contributed by atoms with van der Waals surface area (Å²) in [5.41, 5.74) is 0.326. The first kappa shape index (κ1) is 26.4. The lowest BCUT2D eigenvalue weighted by Crippen LogP contribution is -2.59. The number of hydrogen-bond acceptors (Lipinski definition) is 6. The number of rotatable bonds is 7. The number of piperidine rings is 1. The third-order valence-electron chi connectivity index (χ3n) is 7.55. The van der Waals surface area contributed by atoms with Crippen LogP contribution in [-0.4, -0.2) is 97.2 Å². The Morgan fingerprint density at radius 2 is 1.58 bits per heavy atom. The Bertz CT molecular complexity index is 696. The van der Waals surface area contributed by atoms with E-state index in [0.29, 0.717) is 5.54 Å². The molecular formula is C24H43IN8. The summed E-state index contributed by atoms with van der Waals surface area (Å²) in [6.45, 7) is 9.56. The number of piperazine rings is 1. The Labute approximate surface area is 217 Å². The van der Waals surface area contributed by atoms with Crippen LogP contribution in [0.5, 0.6) is 0 Å². The van der Waals surface area contributed by atoms with Crippen LogP contribution in [0.2, 0.25) is 0 Å². The van der Waals surface area contributed by atoms with Crippen molar-refractivity contribution in [1.82, 2.24) is 30.4 Å². The second kappa shape index (κ2) is 13.6. The van der Waals surface area contributed by atoms with Crippen molar-refractivity contribution in [2.75, 3.05) is 70.9 Å². The number of nitrogens with one attached hydrogen (secondary N) is 2. The second-order valence-corrected chi connectivity index (χ2v) is 9.56. The molecule has 0 spiro atoms. The fraction of sp³-hybridized carbons (Fsp3) is 0.792. The molecule has 0 aromatic carbocycles. The van der Waals surface area contributed by atoms with E-state index in [1.807, 2.05) is 25.5 Å². The molecule has 1 aromatic rings. The summed E-state index contributed by atoms with van der Waals surface area (Å²) in [4.78, 5) is 20.9. The van der Waals surface area contributed by atoms with Crippen molar-refractivity contribution in [2.45, 2.75) is 56.9 Å². The molecule has 1 aromatic heterocycles. The minimum absolute atomic E-state index is 0. The van der Waals surface area contributed by atoms with Gasteiger partial charge in [0, 0.05) is 70.8 Å². The predicted molar refractivity (Wildman–Crippen MR) is 147 cm³/mol. The summed E-state index contributed by atoms with van der Waals surface area (Å²) in [7, 11) is 1.89. The lowest BCUT2D eigenvalue weighted by atomic mass is 9.79. The van der Waals surface area contributed by atoms with Gasteiger partial charge in [0.05, 0.1) is 0 Å². The Hall–Kier alpha value is -1.20. The highest BCUT2D eigenvalue weighted by atomic mass is 127. The van der Waals surface area contributed by atoms with Crippen molar-refractivity contribution >= 4 is 35.9 Å². The van der Waals surface area contributed by atoms with Gasteiger partial charge in [-0.15, -0.1) is 24.0 Å². The molecule has 3 fully saturated rings. The van der Waals surface area contributed by atoms with Crippen LogP contribution in [0.1, 0.15) is 51.4 Å². The molecule has 3 heterocycles. The van der Waals surface area contributed by atoms with Gasteiger partial charge in [0.2, 0.25) is 5.95 Å². The van der Waals surface area contributed by atoms with Crippen molar-refractivity contribution in [2.24, 2.45) is 4.99 Å². The van der Waals surface area contributed by atoms with E-state index < -0.39 is 0 Å². The zero-order chi connectivity index (χ0) is 22.1. The van der Waals surface area contributed by atoms with E-state index in [4.69, 9.17) is 0 Å². The van der Waals surface area contributed by atoms with Crippen LogP contribution in [0, 0.1) is 0 Å². The Kier molecular flexibility index (Phi) is 10.9. The average molecular weight is 571 g/mol. The SMILES string of the molecule is CN=C(NCCN1CCN(c2ncccn2)CC1)NCC1(N2CCCCC2)CCCCC1.I. The van der Waals surface area contributed by atoms with Crippen LogP contribution in [-0.2, 0) is 0 Å². The Morgan fingerprint density at radius 1 is 0.909 bits per heavy atom. The first-order valence-electron chi connectivity index (χ1n) is 12.7. The molecule has 9 heteroatoms. The number of anilines is 1. The highest BCUT2D eigenvalue weighted by Gasteiger charge is 2.38. The van der Waals surface area contributed by atoms with E-state index in [1.54, 1.807) is 0 Å². The van der Waals surface area contributed by atoms with Gasteiger partial charge in [-0.05, 0) is 44.8 Å². The van der Waals surface area contributed by atoms with Gasteiger partial charge in [0.25, 0.3) is 0 Å². The van der Waals surface area contributed by atoms with Crippen LogP contribution in [0.3, 0.4) is 0 Å².